The van der Waals surface area contributed by atoms with Crippen LogP contribution in [-0.2, 0) is 25.7 Å². The number of rotatable bonds is 12. The minimum absolute atomic E-state index is 0.132. The van der Waals surface area contributed by atoms with E-state index < -0.39 is 18.0 Å². The molecule has 0 fully saturated rings. The number of benzene rings is 3. The number of esters is 2. The number of halogens is 3. The molecule has 49 heavy (non-hydrogen) atoms. The van der Waals surface area contributed by atoms with Gasteiger partial charge in [-0.3, -0.25) is 9.36 Å². The smallest absolute Gasteiger partial charge is 0.343 e. The lowest BCUT2D eigenvalue weighted by atomic mass is 9.95. The largest absolute Gasteiger partial charge is 0.490 e. The Morgan fingerprint density at radius 1 is 1.02 bits per heavy atom. The van der Waals surface area contributed by atoms with Crippen LogP contribution >= 0.6 is 54.8 Å². The molecule has 0 saturated heterocycles. The number of allylic oxidation sites excluding steroid dienone is 1. The number of hydrogen-bond acceptors (Lipinski definition) is 10. The minimum atomic E-state index is -0.904. The van der Waals surface area contributed by atoms with E-state index in [1.165, 1.54) is 23.0 Å². The van der Waals surface area contributed by atoms with Crippen molar-refractivity contribution in [2.24, 2.45) is 4.99 Å². The molecule has 1 atom stereocenters. The molecule has 0 saturated carbocycles. The van der Waals surface area contributed by atoms with Gasteiger partial charge in [0.05, 0.1) is 46.6 Å². The number of nitrogens with zero attached hydrogens (tertiary/aromatic N) is 2. The fourth-order valence-electron chi connectivity index (χ4n) is 5.15. The van der Waals surface area contributed by atoms with Gasteiger partial charge in [0.25, 0.3) is 5.56 Å². The molecule has 14 heteroatoms. The van der Waals surface area contributed by atoms with Gasteiger partial charge in [0, 0.05) is 15.1 Å². The SMILES string of the molecule is CCOC(=O)C1=C(C)N=c2s/c(=C/c3cc(Br)cc(Br)c3OCc3cccc(Cl)c3)c(=O)n2[C@@H]1c1ccc(OCC(=O)OC)c(OCC)c1. The summed E-state index contributed by atoms with van der Waals surface area (Å²) in [5.41, 5.74) is 2.32. The van der Waals surface area contributed by atoms with Gasteiger partial charge in [-0.15, -0.1) is 0 Å². The van der Waals surface area contributed by atoms with Crippen LogP contribution in [0.15, 0.2) is 84.6 Å². The van der Waals surface area contributed by atoms with Crippen LogP contribution in [0.3, 0.4) is 0 Å². The summed E-state index contributed by atoms with van der Waals surface area (Å²) in [5.74, 6) is -0.00787. The van der Waals surface area contributed by atoms with E-state index >= 15 is 0 Å². The number of methoxy groups -OCH3 is 1. The van der Waals surface area contributed by atoms with E-state index in [-0.39, 0.29) is 31.0 Å². The molecule has 0 unspecified atom stereocenters. The predicted octanol–water partition coefficient (Wildman–Crippen LogP) is 6.51. The third-order valence-electron chi connectivity index (χ3n) is 7.27. The molecule has 5 rings (SSSR count). The number of carbonyl (C=O) groups is 2. The molecule has 0 aliphatic carbocycles. The Morgan fingerprint density at radius 2 is 1.82 bits per heavy atom. The normalized spacial score (nSPS) is 14.2. The molecular weight excluding hydrogens is 804 g/mol. The Kier molecular flexibility index (Phi) is 12.0. The maximum absolute atomic E-state index is 14.3. The van der Waals surface area contributed by atoms with Gasteiger partial charge in [0.2, 0.25) is 0 Å². The van der Waals surface area contributed by atoms with Crippen molar-refractivity contribution in [1.29, 1.82) is 0 Å². The van der Waals surface area contributed by atoms with Gasteiger partial charge in [-0.05, 0) is 90.3 Å². The summed E-state index contributed by atoms with van der Waals surface area (Å²) in [6.07, 6.45) is 1.74. The average Bonchev–Trinajstić information content (AvgIpc) is 3.36. The molecule has 3 aromatic carbocycles. The lowest BCUT2D eigenvalue weighted by molar-refractivity contribution is -0.143. The highest BCUT2D eigenvalue weighted by molar-refractivity contribution is 9.11. The topological polar surface area (TPSA) is 115 Å². The highest BCUT2D eigenvalue weighted by atomic mass is 79.9. The predicted molar refractivity (Wildman–Crippen MR) is 193 cm³/mol. The number of carbonyl (C=O) groups excluding carboxylic acids is 2. The second-order valence-corrected chi connectivity index (χ2v) is 13.7. The molecule has 0 amide bonds. The third kappa shape index (κ3) is 8.29. The maximum Gasteiger partial charge on any atom is 0.343 e. The van der Waals surface area contributed by atoms with Gasteiger partial charge in [-0.25, -0.2) is 14.6 Å². The molecule has 0 N–H and O–H groups in total. The number of thiazole rings is 1. The Morgan fingerprint density at radius 3 is 2.53 bits per heavy atom. The zero-order chi connectivity index (χ0) is 35.2. The molecule has 1 aromatic heterocycles. The minimum Gasteiger partial charge on any atom is -0.490 e. The molecular formula is C35H31Br2ClN2O8S. The zero-order valence-electron chi connectivity index (χ0n) is 26.9. The lowest BCUT2D eigenvalue weighted by Gasteiger charge is -2.25. The molecule has 1 aliphatic rings. The van der Waals surface area contributed by atoms with E-state index in [0.717, 1.165) is 10.0 Å². The quantitative estimate of drug-likeness (QED) is 0.149. The first-order chi connectivity index (χ1) is 23.5. The van der Waals surface area contributed by atoms with Gasteiger partial charge in [-0.1, -0.05) is 57.1 Å². The van der Waals surface area contributed by atoms with E-state index in [2.05, 4.69) is 36.9 Å². The summed E-state index contributed by atoms with van der Waals surface area (Å²) in [7, 11) is 1.27. The summed E-state index contributed by atoms with van der Waals surface area (Å²) in [4.78, 5) is 44.6. The highest BCUT2D eigenvalue weighted by Gasteiger charge is 2.34. The summed E-state index contributed by atoms with van der Waals surface area (Å²) in [6, 6.07) is 15.2. The maximum atomic E-state index is 14.3. The first-order valence-electron chi connectivity index (χ1n) is 15.1. The average molecular weight is 835 g/mol. The van der Waals surface area contributed by atoms with Crippen LogP contribution in [-0.4, -0.2) is 43.4 Å². The van der Waals surface area contributed by atoms with Crippen LogP contribution in [0.4, 0.5) is 0 Å². The van der Waals surface area contributed by atoms with Crippen molar-refractivity contribution >= 4 is 72.8 Å². The van der Waals surface area contributed by atoms with Crippen molar-refractivity contribution in [2.45, 2.75) is 33.4 Å². The number of hydrogen-bond donors (Lipinski definition) is 0. The monoisotopic (exact) mass is 832 g/mol. The summed E-state index contributed by atoms with van der Waals surface area (Å²) in [5, 5.41) is 0.598. The molecule has 256 valence electrons. The fourth-order valence-corrected chi connectivity index (χ4v) is 7.77. The molecule has 0 bridgehead atoms. The number of fused-ring (bicyclic) bond motifs is 1. The number of aromatic nitrogens is 1. The van der Waals surface area contributed by atoms with Gasteiger partial charge >= 0.3 is 11.9 Å². The standard InChI is InChI=1S/C35H31Br2ClN2O8S/c1-5-45-27-14-21(10-11-26(27)47-18-29(41)44-4)31-30(34(43)46-6-2)19(3)39-35-40(31)33(42)28(49-35)15-22-13-23(36)16-25(37)32(22)48-17-20-8-7-9-24(38)12-20/h7-16,31H,5-6,17-18H2,1-4H3/b28-15+/t31-/m1/s1. The summed E-state index contributed by atoms with van der Waals surface area (Å²) < 4.78 is 31.2. The lowest BCUT2D eigenvalue weighted by Crippen LogP contribution is -2.40. The van der Waals surface area contributed by atoms with E-state index in [9.17, 15) is 14.4 Å². The van der Waals surface area contributed by atoms with Crippen molar-refractivity contribution in [3.8, 4) is 17.2 Å². The molecule has 0 radical (unpaired) electrons. The zero-order valence-corrected chi connectivity index (χ0v) is 31.6. The van der Waals surface area contributed by atoms with Crippen LogP contribution < -0.4 is 29.1 Å². The number of ether oxygens (including phenoxy) is 5. The van der Waals surface area contributed by atoms with Crippen LogP contribution in [0.1, 0.15) is 43.5 Å². The highest BCUT2D eigenvalue weighted by Crippen LogP contribution is 2.37. The Bertz CT molecular complexity index is 2130. The van der Waals surface area contributed by atoms with E-state index in [1.807, 2.05) is 30.3 Å². The first kappa shape index (κ1) is 36.4. The second kappa shape index (κ2) is 16.2. The van der Waals surface area contributed by atoms with Crippen molar-refractivity contribution in [2.75, 3.05) is 26.9 Å². The molecule has 10 nitrogen and oxygen atoms in total. The van der Waals surface area contributed by atoms with Crippen molar-refractivity contribution < 1.29 is 33.3 Å². The fraction of sp³-hybridized carbons (Fsp3) is 0.257. The first-order valence-corrected chi connectivity index (χ1v) is 17.8. The van der Waals surface area contributed by atoms with Crippen LogP contribution in [0.25, 0.3) is 6.08 Å². The molecule has 2 heterocycles. The Hall–Kier alpha value is -3.91. The van der Waals surface area contributed by atoms with E-state index in [4.69, 9.17) is 35.3 Å². The Labute approximate surface area is 307 Å². The van der Waals surface area contributed by atoms with Gasteiger partial charge in [0.15, 0.2) is 22.9 Å². The molecule has 1 aliphatic heterocycles. The second-order valence-electron chi connectivity index (χ2n) is 10.5. The van der Waals surface area contributed by atoms with E-state index in [1.54, 1.807) is 51.1 Å². The van der Waals surface area contributed by atoms with Crippen LogP contribution in [0.2, 0.25) is 5.02 Å². The van der Waals surface area contributed by atoms with Gasteiger partial charge < -0.3 is 23.7 Å². The summed E-state index contributed by atoms with van der Waals surface area (Å²) >= 11 is 14.5. The van der Waals surface area contributed by atoms with Crippen molar-refractivity contribution in [3.63, 3.8) is 0 Å². The van der Waals surface area contributed by atoms with Crippen LogP contribution in [0.5, 0.6) is 17.2 Å². The van der Waals surface area contributed by atoms with Gasteiger partial charge in [-0.2, -0.15) is 0 Å². The van der Waals surface area contributed by atoms with Gasteiger partial charge in [0.1, 0.15) is 12.4 Å². The van der Waals surface area contributed by atoms with E-state index in [0.29, 0.717) is 59.5 Å². The van der Waals surface area contributed by atoms with Crippen molar-refractivity contribution in [3.05, 3.63) is 116 Å². The summed E-state index contributed by atoms with van der Waals surface area (Å²) in [6.45, 7) is 5.57. The third-order valence-corrected chi connectivity index (χ3v) is 9.53. The van der Waals surface area contributed by atoms with Crippen LogP contribution in [0, 0.1) is 0 Å². The van der Waals surface area contributed by atoms with Crippen molar-refractivity contribution in [1.82, 2.24) is 4.57 Å². The molecule has 0 spiro atoms. The molecule has 4 aromatic rings. The Balaban J connectivity index is 1.64.